The van der Waals surface area contributed by atoms with Gasteiger partial charge in [0.2, 0.25) is 0 Å². The van der Waals surface area contributed by atoms with Crippen LogP contribution < -0.4 is 9.64 Å². The van der Waals surface area contributed by atoms with Crippen molar-refractivity contribution < 1.29 is 9.53 Å². The van der Waals surface area contributed by atoms with Crippen molar-refractivity contribution in [2.24, 2.45) is 0 Å². The van der Waals surface area contributed by atoms with E-state index >= 15 is 0 Å². The molecule has 2 aliphatic heterocycles. The smallest absolute Gasteiger partial charge is 0.264 e. The molecular formula is C21H25N3O2S. The zero-order valence-electron chi connectivity index (χ0n) is 15.7. The minimum atomic E-state index is 0.210. The number of thiophene rings is 1. The quantitative estimate of drug-likeness (QED) is 0.812. The molecule has 27 heavy (non-hydrogen) atoms. The van der Waals surface area contributed by atoms with Crippen molar-refractivity contribution in [3.8, 4) is 5.75 Å². The zero-order chi connectivity index (χ0) is 18.4. The number of methoxy groups -OCH3 is 1. The topological polar surface area (TPSA) is 36.0 Å². The number of amides is 1. The van der Waals surface area contributed by atoms with Gasteiger partial charge in [0.25, 0.3) is 5.91 Å². The van der Waals surface area contributed by atoms with E-state index in [-0.39, 0.29) is 5.91 Å². The number of hydrogen-bond donors (Lipinski definition) is 0. The van der Waals surface area contributed by atoms with E-state index in [4.69, 9.17) is 4.74 Å². The number of rotatable bonds is 4. The molecule has 0 bridgehead atoms. The Bertz CT molecular complexity index is 812. The number of hydrogen-bond acceptors (Lipinski definition) is 5. The van der Waals surface area contributed by atoms with E-state index in [1.54, 1.807) is 18.4 Å². The summed E-state index contributed by atoms with van der Waals surface area (Å²) in [5.41, 5.74) is 2.57. The summed E-state index contributed by atoms with van der Waals surface area (Å²) < 4.78 is 5.23. The molecule has 1 aromatic heterocycles. The van der Waals surface area contributed by atoms with Crippen LogP contribution in [-0.4, -0.2) is 55.0 Å². The number of anilines is 1. The number of carbonyl (C=O) groups is 1. The number of ether oxygens (including phenoxy) is 1. The summed E-state index contributed by atoms with van der Waals surface area (Å²) in [6.07, 6.45) is 2.69. The van der Waals surface area contributed by atoms with E-state index < -0.39 is 0 Å². The summed E-state index contributed by atoms with van der Waals surface area (Å²) in [5.74, 6) is 1.08. The van der Waals surface area contributed by atoms with Crippen LogP contribution in [0.15, 0.2) is 30.3 Å². The van der Waals surface area contributed by atoms with Gasteiger partial charge >= 0.3 is 0 Å². The number of fused-ring (bicyclic) bond motifs is 1. The summed E-state index contributed by atoms with van der Waals surface area (Å²) in [6.45, 7) is 5.39. The second kappa shape index (κ2) is 6.84. The average Bonchev–Trinajstić information content (AvgIpc) is 3.37. The molecule has 1 aromatic carbocycles. The van der Waals surface area contributed by atoms with Crippen molar-refractivity contribution in [2.45, 2.75) is 32.0 Å². The largest absolute Gasteiger partial charge is 0.497 e. The molecule has 6 heteroatoms. The molecule has 0 unspecified atom stereocenters. The van der Waals surface area contributed by atoms with Gasteiger partial charge in [-0.1, -0.05) is 0 Å². The lowest BCUT2D eigenvalue weighted by Gasteiger charge is -2.36. The third-order valence-corrected chi connectivity index (χ3v) is 7.05. The molecule has 5 rings (SSSR count). The maximum Gasteiger partial charge on any atom is 0.264 e. The monoisotopic (exact) mass is 383 g/mol. The number of carbonyl (C=O) groups excluding carboxylic acids is 1. The average molecular weight is 384 g/mol. The molecule has 1 saturated carbocycles. The van der Waals surface area contributed by atoms with Crippen LogP contribution in [0.3, 0.4) is 0 Å². The fourth-order valence-electron chi connectivity index (χ4n) is 4.11. The van der Waals surface area contributed by atoms with Gasteiger partial charge in [0.15, 0.2) is 0 Å². The first-order valence-electron chi connectivity index (χ1n) is 9.75. The molecule has 0 radical (unpaired) electrons. The van der Waals surface area contributed by atoms with Crippen LogP contribution in [-0.2, 0) is 13.1 Å². The predicted octanol–water partition coefficient (Wildman–Crippen LogP) is 3.20. The van der Waals surface area contributed by atoms with E-state index in [0.717, 1.165) is 55.9 Å². The minimum Gasteiger partial charge on any atom is -0.497 e. The SMILES string of the molecule is COc1ccc(N2CCN(C(=O)c3cc4c(s3)CN(C3CC3)C4)CC2)cc1. The molecule has 0 N–H and O–H groups in total. The lowest BCUT2D eigenvalue weighted by molar-refractivity contribution is 0.0751. The summed E-state index contributed by atoms with van der Waals surface area (Å²) in [6, 6.07) is 11.1. The minimum absolute atomic E-state index is 0.210. The van der Waals surface area contributed by atoms with Gasteiger partial charge in [0, 0.05) is 55.9 Å². The van der Waals surface area contributed by atoms with Crippen molar-refractivity contribution in [1.82, 2.24) is 9.80 Å². The van der Waals surface area contributed by atoms with E-state index in [0.29, 0.717) is 0 Å². The molecule has 1 saturated heterocycles. The summed E-state index contributed by atoms with van der Waals surface area (Å²) in [5, 5.41) is 0. The van der Waals surface area contributed by atoms with Crippen LogP contribution in [0.1, 0.15) is 33.0 Å². The summed E-state index contributed by atoms with van der Waals surface area (Å²) in [7, 11) is 1.68. The van der Waals surface area contributed by atoms with Gasteiger partial charge in [0.1, 0.15) is 5.75 Å². The Morgan fingerprint density at radius 3 is 2.44 bits per heavy atom. The lowest BCUT2D eigenvalue weighted by atomic mass is 10.2. The van der Waals surface area contributed by atoms with E-state index in [1.165, 1.54) is 29.0 Å². The van der Waals surface area contributed by atoms with Crippen LogP contribution in [0.4, 0.5) is 5.69 Å². The Kier molecular flexibility index (Phi) is 4.32. The second-order valence-corrected chi connectivity index (χ2v) is 8.81. The summed E-state index contributed by atoms with van der Waals surface area (Å²) >= 11 is 1.71. The molecule has 142 valence electrons. The number of benzene rings is 1. The Morgan fingerprint density at radius 1 is 1.07 bits per heavy atom. The zero-order valence-corrected chi connectivity index (χ0v) is 16.5. The Balaban J connectivity index is 1.20. The Labute approximate surface area is 164 Å². The van der Waals surface area contributed by atoms with Gasteiger partial charge < -0.3 is 14.5 Å². The highest BCUT2D eigenvalue weighted by Gasteiger charge is 2.35. The van der Waals surface area contributed by atoms with Crippen molar-refractivity contribution in [3.05, 3.63) is 45.6 Å². The van der Waals surface area contributed by atoms with Gasteiger partial charge in [-0.05, 0) is 48.7 Å². The molecule has 2 fully saturated rings. The van der Waals surface area contributed by atoms with Crippen molar-refractivity contribution >= 4 is 22.9 Å². The Morgan fingerprint density at radius 2 is 1.81 bits per heavy atom. The highest BCUT2D eigenvalue weighted by Crippen LogP contribution is 2.38. The molecule has 5 nitrogen and oxygen atoms in total. The van der Waals surface area contributed by atoms with Crippen LogP contribution in [0.2, 0.25) is 0 Å². The third-order valence-electron chi connectivity index (χ3n) is 5.90. The maximum atomic E-state index is 12.9. The van der Waals surface area contributed by atoms with Gasteiger partial charge in [0.05, 0.1) is 12.0 Å². The fraction of sp³-hybridized carbons (Fsp3) is 0.476. The molecule has 3 heterocycles. The van der Waals surface area contributed by atoms with Crippen LogP contribution in [0.5, 0.6) is 5.75 Å². The molecular weight excluding hydrogens is 358 g/mol. The molecule has 2 aromatic rings. The van der Waals surface area contributed by atoms with E-state index in [1.807, 2.05) is 17.0 Å². The van der Waals surface area contributed by atoms with Gasteiger partial charge in [-0.15, -0.1) is 11.3 Å². The molecule has 3 aliphatic rings. The highest BCUT2D eigenvalue weighted by atomic mass is 32.1. The van der Waals surface area contributed by atoms with Crippen LogP contribution in [0.25, 0.3) is 0 Å². The second-order valence-electron chi connectivity index (χ2n) is 7.67. The molecule has 0 atom stereocenters. The van der Waals surface area contributed by atoms with Gasteiger partial charge in [-0.3, -0.25) is 9.69 Å². The van der Waals surface area contributed by atoms with E-state index in [2.05, 4.69) is 28.0 Å². The lowest BCUT2D eigenvalue weighted by Crippen LogP contribution is -2.48. The fourth-order valence-corrected chi connectivity index (χ4v) is 5.28. The molecule has 0 spiro atoms. The standard InChI is InChI=1S/C21H25N3O2S/c1-26-18-6-4-16(5-7-18)22-8-10-23(11-9-22)21(25)19-12-15-13-24(17-2-3-17)14-20(15)27-19/h4-7,12,17H,2-3,8-11,13-14H2,1H3. The van der Waals surface area contributed by atoms with Crippen LogP contribution >= 0.6 is 11.3 Å². The third kappa shape index (κ3) is 3.32. The summed E-state index contributed by atoms with van der Waals surface area (Å²) in [4.78, 5) is 22.2. The highest BCUT2D eigenvalue weighted by molar-refractivity contribution is 7.14. The van der Waals surface area contributed by atoms with E-state index in [9.17, 15) is 4.79 Å². The van der Waals surface area contributed by atoms with Crippen molar-refractivity contribution in [3.63, 3.8) is 0 Å². The normalized spacial score (nSPS) is 20.0. The first-order chi connectivity index (χ1) is 13.2. The maximum absolute atomic E-state index is 12.9. The first-order valence-corrected chi connectivity index (χ1v) is 10.6. The van der Waals surface area contributed by atoms with Gasteiger partial charge in [-0.2, -0.15) is 0 Å². The molecule has 1 aliphatic carbocycles. The van der Waals surface area contributed by atoms with Crippen LogP contribution in [0, 0.1) is 0 Å². The number of piperazine rings is 1. The van der Waals surface area contributed by atoms with Crippen molar-refractivity contribution in [2.75, 3.05) is 38.2 Å². The Hall–Kier alpha value is -2.05. The first kappa shape index (κ1) is 17.1. The molecule has 1 amide bonds. The number of nitrogens with zero attached hydrogens (tertiary/aromatic N) is 3. The van der Waals surface area contributed by atoms with Gasteiger partial charge in [-0.25, -0.2) is 0 Å². The van der Waals surface area contributed by atoms with Crippen molar-refractivity contribution in [1.29, 1.82) is 0 Å². The predicted molar refractivity (Wildman–Crippen MR) is 108 cm³/mol.